The summed E-state index contributed by atoms with van der Waals surface area (Å²) < 4.78 is 28.7. The molecule has 0 radical (unpaired) electrons. The molecule has 7 heteroatoms. The van der Waals surface area contributed by atoms with Crippen molar-refractivity contribution in [3.05, 3.63) is 59.7 Å². The number of aliphatic hydroxyl groups excluding tert-OH is 1. The van der Waals surface area contributed by atoms with E-state index in [4.69, 9.17) is 0 Å². The number of benzene rings is 2. The normalized spacial score (nSPS) is 25.3. The van der Waals surface area contributed by atoms with E-state index in [0.717, 1.165) is 18.4 Å². The van der Waals surface area contributed by atoms with Crippen molar-refractivity contribution in [3.8, 4) is 0 Å². The smallest absolute Gasteiger partial charge is 0.264 e. The number of likely N-dealkylation sites (tertiary alicyclic amines) is 1. The molecule has 0 spiro atoms. The molecule has 0 bridgehead atoms. The maximum absolute atomic E-state index is 13.6. The molecule has 158 valence electrons. The minimum Gasteiger partial charge on any atom is -0.394 e. The number of rotatable bonds is 5. The highest BCUT2D eigenvalue weighted by Crippen LogP contribution is 2.50. The number of carbonyl (C=O) groups is 1. The number of anilines is 1. The van der Waals surface area contributed by atoms with Crippen molar-refractivity contribution in [1.29, 1.82) is 0 Å². The Bertz CT molecular complexity index is 1100. The summed E-state index contributed by atoms with van der Waals surface area (Å²) in [6, 6.07) is 13.9. The highest BCUT2D eigenvalue weighted by Gasteiger charge is 2.56. The number of sulfonamides is 1. The molecule has 1 saturated carbocycles. The number of hydrogen-bond acceptors (Lipinski definition) is 4. The molecule has 6 nitrogen and oxygen atoms in total. The Morgan fingerprint density at radius 1 is 1.10 bits per heavy atom. The van der Waals surface area contributed by atoms with E-state index in [1.54, 1.807) is 30.0 Å². The van der Waals surface area contributed by atoms with Gasteiger partial charge in [0.25, 0.3) is 10.0 Å². The van der Waals surface area contributed by atoms with E-state index in [0.29, 0.717) is 23.6 Å². The standard InChI is InChI=1S/C23H26N2O4S/c1-15-6-2-5-9-21(15)30(28,29)24-13-19-23(17-7-3-4-8-18(17)24)20(14-26)25(19)22(27)12-16-10-11-16/h2-9,16,19-20,23,26H,10-14H2,1H3/t19-,20-,23+/m1/s1. The lowest BCUT2D eigenvalue weighted by atomic mass is 9.72. The van der Waals surface area contributed by atoms with Gasteiger partial charge in [0.15, 0.2) is 0 Å². The van der Waals surface area contributed by atoms with Gasteiger partial charge in [-0.3, -0.25) is 9.10 Å². The van der Waals surface area contributed by atoms with Crippen LogP contribution in [0.1, 0.15) is 36.3 Å². The number of fused-ring (bicyclic) bond motifs is 3. The fourth-order valence-corrected chi connectivity index (χ4v) is 6.80. The van der Waals surface area contributed by atoms with E-state index in [1.807, 2.05) is 30.3 Å². The minimum atomic E-state index is -3.78. The zero-order valence-electron chi connectivity index (χ0n) is 16.9. The van der Waals surface area contributed by atoms with Crippen molar-refractivity contribution in [2.45, 2.75) is 49.1 Å². The van der Waals surface area contributed by atoms with Crippen LogP contribution in [0.5, 0.6) is 0 Å². The van der Waals surface area contributed by atoms with Crippen LogP contribution in [0, 0.1) is 12.8 Å². The van der Waals surface area contributed by atoms with Crippen molar-refractivity contribution in [2.75, 3.05) is 17.5 Å². The maximum atomic E-state index is 13.6. The third-order valence-electron chi connectivity index (χ3n) is 6.76. The number of para-hydroxylation sites is 1. The summed E-state index contributed by atoms with van der Waals surface area (Å²) in [5, 5.41) is 10.0. The van der Waals surface area contributed by atoms with E-state index in [9.17, 15) is 18.3 Å². The fourth-order valence-electron chi connectivity index (χ4n) is 5.07. The van der Waals surface area contributed by atoms with Gasteiger partial charge in [-0.15, -0.1) is 0 Å². The first-order valence-corrected chi connectivity index (χ1v) is 12.0. The molecule has 3 aliphatic rings. The minimum absolute atomic E-state index is 0.0328. The lowest BCUT2D eigenvalue weighted by molar-refractivity contribution is -0.150. The van der Waals surface area contributed by atoms with Crippen molar-refractivity contribution in [1.82, 2.24) is 4.90 Å². The zero-order chi connectivity index (χ0) is 21.0. The van der Waals surface area contributed by atoms with Gasteiger partial charge in [0.2, 0.25) is 5.91 Å². The number of aliphatic hydroxyl groups is 1. The Morgan fingerprint density at radius 2 is 1.80 bits per heavy atom. The molecule has 2 aromatic rings. The number of carbonyl (C=O) groups excluding carboxylic acids is 1. The van der Waals surface area contributed by atoms with Gasteiger partial charge in [-0.05, 0) is 48.9 Å². The summed E-state index contributed by atoms with van der Waals surface area (Å²) in [5.41, 5.74) is 2.23. The van der Waals surface area contributed by atoms with Gasteiger partial charge in [0, 0.05) is 12.3 Å². The number of hydrogen-bond donors (Lipinski definition) is 1. The second kappa shape index (κ2) is 7.10. The average molecular weight is 427 g/mol. The molecule has 0 aromatic heterocycles. The van der Waals surface area contributed by atoms with Crippen molar-refractivity contribution < 1.29 is 18.3 Å². The van der Waals surface area contributed by atoms with Gasteiger partial charge in [-0.2, -0.15) is 0 Å². The molecular weight excluding hydrogens is 400 g/mol. The highest BCUT2D eigenvalue weighted by molar-refractivity contribution is 7.92. The monoisotopic (exact) mass is 426 g/mol. The largest absolute Gasteiger partial charge is 0.394 e. The molecule has 30 heavy (non-hydrogen) atoms. The first-order chi connectivity index (χ1) is 14.4. The van der Waals surface area contributed by atoms with Gasteiger partial charge in [0.05, 0.1) is 35.8 Å². The number of amides is 1. The van der Waals surface area contributed by atoms with E-state index in [1.165, 1.54) is 4.31 Å². The molecule has 1 aliphatic carbocycles. The SMILES string of the molecule is Cc1ccccc1S(=O)(=O)N1C[C@@H]2[C@H](c3ccccc31)[C@@H](CO)N2C(=O)CC1CC1. The second-order valence-electron chi connectivity index (χ2n) is 8.65. The topological polar surface area (TPSA) is 77.9 Å². The van der Waals surface area contributed by atoms with Crippen LogP contribution >= 0.6 is 0 Å². The Kier molecular flexibility index (Phi) is 4.63. The van der Waals surface area contributed by atoms with Gasteiger partial charge < -0.3 is 10.0 Å². The number of aryl methyl sites for hydroxylation is 1. The van der Waals surface area contributed by atoms with Gasteiger partial charge in [-0.25, -0.2) is 8.42 Å². The molecule has 2 fully saturated rings. The maximum Gasteiger partial charge on any atom is 0.264 e. The Labute approximate surface area is 177 Å². The predicted octanol–water partition coefficient (Wildman–Crippen LogP) is 2.66. The van der Waals surface area contributed by atoms with Crippen LogP contribution in [0.25, 0.3) is 0 Å². The lowest BCUT2D eigenvalue weighted by Crippen LogP contribution is -2.70. The fraction of sp³-hybridized carbons (Fsp3) is 0.435. The molecule has 2 heterocycles. The van der Waals surface area contributed by atoms with Crippen LogP contribution in [0.4, 0.5) is 5.69 Å². The molecule has 2 aliphatic heterocycles. The quantitative estimate of drug-likeness (QED) is 0.797. The van der Waals surface area contributed by atoms with Crippen LogP contribution in [-0.4, -0.2) is 49.6 Å². The first-order valence-electron chi connectivity index (χ1n) is 10.5. The van der Waals surface area contributed by atoms with E-state index in [-0.39, 0.29) is 42.0 Å². The molecule has 1 saturated heterocycles. The van der Waals surface area contributed by atoms with Crippen molar-refractivity contribution >= 4 is 21.6 Å². The summed E-state index contributed by atoms with van der Waals surface area (Å²) >= 11 is 0. The van der Waals surface area contributed by atoms with E-state index < -0.39 is 10.0 Å². The predicted molar refractivity (Wildman–Crippen MR) is 114 cm³/mol. The summed E-state index contributed by atoms with van der Waals surface area (Å²) in [4.78, 5) is 15.0. The highest BCUT2D eigenvalue weighted by atomic mass is 32.2. The third kappa shape index (κ3) is 2.94. The molecule has 5 rings (SSSR count). The summed E-state index contributed by atoms with van der Waals surface area (Å²) in [6.45, 7) is 1.89. The molecule has 2 aromatic carbocycles. The Balaban J connectivity index is 1.56. The Morgan fingerprint density at radius 3 is 2.50 bits per heavy atom. The van der Waals surface area contributed by atoms with Crippen LogP contribution in [0.3, 0.4) is 0 Å². The molecule has 0 unspecified atom stereocenters. The van der Waals surface area contributed by atoms with E-state index in [2.05, 4.69) is 0 Å². The van der Waals surface area contributed by atoms with Crippen LogP contribution in [-0.2, 0) is 14.8 Å². The Hall–Kier alpha value is -2.38. The molecule has 3 atom stereocenters. The van der Waals surface area contributed by atoms with Crippen LogP contribution < -0.4 is 4.31 Å². The first kappa shape index (κ1) is 19.6. The number of nitrogens with zero attached hydrogens (tertiary/aromatic N) is 2. The van der Waals surface area contributed by atoms with Crippen molar-refractivity contribution in [2.24, 2.45) is 5.92 Å². The molecule has 1 amide bonds. The molecular formula is C23H26N2O4S. The van der Waals surface area contributed by atoms with Gasteiger partial charge in [0.1, 0.15) is 0 Å². The summed E-state index contributed by atoms with van der Waals surface area (Å²) in [5.74, 6) is 0.432. The zero-order valence-corrected chi connectivity index (χ0v) is 17.8. The van der Waals surface area contributed by atoms with E-state index >= 15 is 0 Å². The van der Waals surface area contributed by atoms with Crippen molar-refractivity contribution in [3.63, 3.8) is 0 Å². The van der Waals surface area contributed by atoms with Gasteiger partial charge in [-0.1, -0.05) is 36.4 Å². The van der Waals surface area contributed by atoms with Crippen LogP contribution in [0.2, 0.25) is 0 Å². The van der Waals surface area contributed by atoms with Crippen LogP contribution in [0.15, 0.2) is 53.4 Å². The lowest BCUT2D eigenvalue weighted by Gasteiger charge is -2.59. The third-order valence-corrected chi connectivity index (χ3v) is 8.70. The van der Waals surface area contributed by atoms with Gasteiger partial charge >= 0.3 is 0 Å². The molecule has 1 N–H and O–H groups in total. The average Bonchev–Trinajstić information content (AvgIpc) is 3.52. The summed E-state index contributed by atoms with van der Waals surface area (Å²) in [6.07, 6.45) is 2.65. The summed E-state index contributed by atoms with van der Waals surface area (Å²) in [7, 11) is -3.78. The second-order valence-corrected chi connectivity index (χ2v) is 10.5.